The summed E-state index contributed by atoms with van der Waals surface area (Å²) in [5, 5.41) is 2.89. The van der Waals surface area contributed by atoms with Crippen LogP contribution in [0.25, 0.3) is 0 Å². The van der Waals surface area contributed by atoms with Crippen molar-refractivity contribution < 1.29 is 9.59 Å². The van der Waals surface area contributed by atoms with Crippen LogP contribution in [0.2, 0.25) is 0 Å². The maximum Gasteiger partial charge on any atom is 0.254 e. The Bertz CT molecular complexity index is 822. The van der Waals surface area contributed by atoms with Crippen LogP contribution < -0.4 is 5.32 Å². The number of rotatable bonds is 4. The van der Waals surface area contributed by atoms with Crippen LogP contribution in [0.3, 0.4) is 0 Å². The van der Waals surface area contributed by atoms with Gasteiger partial charge in [-0.2, -0.15) is 0 Å². The predicted molar refractivity (Wildman–Crippen MR) is 110 cm³/mol. The van der Waals surface area contributed by atoms with Crippen LogP contribution in [-0.4, -0.2) is 52.8 Å². The third-order valence-electron chi connectivity index (χ3n) is 4.86. The minimum Gasteiger partial charge on any atom is -0.336 e. The van der Waals surface area contributed by atoms with Crippen molar-refractivity contribution in [1.82, 2.24) is 14.8 Å². The molecule has 0 unspecified atom stereocenters. The second-order valence-electron chi connectivity index (χ2n) is 8.21. The first kappa shape index (κ1) is 20.0. The molecule has 148 valence electrons. The predicted octanol–water partition coefficient (Wildman–Crippen LogP) is 3.02. The Morgan fingerprint density at radius 2 is 1.71 bits per heavy atom. The summed E-state index contributed by atoms with van der Waals surface area (Å²) < 4.78 is 0. The van der Waals surface area contributed by atoms with Gasteiger partial charge in [0, 0.05) is 61.8 Å². The maximum absolute atomic E-state index is 12.9. The van der Waals surface area contributed by atoms with E-state index in [0.717, 1.165) is 19.6 Å². The molecule has 1 aliphatic rings. The van der Waals surface area contributed by atoms with Gasteiger partial charge >= 0.3 is 0 Å². The number of aromatic nitrogens is 1. The molecule has 0 radical (unpaired) electrons. The zero-order valence-electron chi connectivity index (χ0n) is 16.8. The summed E-state index contributed by atoms with van der Waals surface area (Å²) in [7, 11) is 0. The van der Waals surface area contributed by atoms with Gasteiger partial charge < -0.3 is 10.2 Å². The van der Waals surface area contributed by atoms with Gasteiger partial charge in [0.05, 0.1) is 0 Å². The van der Waals surface area contributed by atoms with E-state index in [9.17, 15) is 9.59 Å². The summed E-state index contributed by atoms with van der Waals surface area (Å²) in [5.41, 5.74) is 2.01. The molecule has 1 saturated heterocycles. The molecule has 6 nitrogen and oxygen atoms in total. The smallest absolute Gasteiger partial charge is 0.254 e. The van der Waals surface area contributed by atoms with Crippen molar-refractivity contribution in [2.45, 2.75) is 27.3 Å². The van der Waals surface area contributed by atoms with Crippen LogP contribution >= 0.6 is 0 Å². The van der Waals surface area contributed by atoms with Gasteiger partial charge in [-0.05, 0) is 35.9 Å². The third kappa shape index (κ3) is 5.16. The van der Waals surface area contributed by atoms with E-state index >= 15 is 0 Å². The fraction of sp³-hybridized carbons (Fsp3) is 0.409. The Labute approximate surface area is 166 Å². The normalized spacial score (nSPS) is 15.3. The summed E-state index contributed by atoms with van der Waals surface area (Å²) in [6, 6.07) is 11.2. The minimum atomic E-state index is -0.481. The number of carbonyl (C=O) groups excluding carboxylic acids is 2. The standard InChI is InChI=1S/C22H28N4O2/c1-22(2,3)21(28)24-19-6-4-5-18(15-19)20(27)26-13-11-25(12-14-26)16-17-7-9-23-10-8-17/h4-10,15H,11-14,16H2,1-3H3,(H,24,28). The quantitative estimate of drug-likeness (QED) is 0.885. The summed E-state index contributed by atoms with van der Waals surface area (Å²) >= 11 is 0. The van der Waals surface area contributed by atoms with Crippen molar-refractivity contribution in [1.29, 1.82) is 0 Å². The zero-order valence-corrected chi connectivity index (χ0v) is 16.8. The first-order valence-electron chi connectivity index (χ1n) is 9.65. The van der Waals surface area contributed by atoms with Gasteiger partial charge in [-0.3, -0.25) is 19.5 Å². The number of benzene rings is 1. The molecule has 1 fully saturated rings. The number of amides is 2. The molecule has 0 atom stereocenters. The molecule has 1 N–H and O–H groups in total. The van der Waals surface area contributed by atoms with E-state index in [1.165, 1.54) is 5.56 Å². The molecular formula is C22H28N4O2. The van der Waals surface area contributed by atoms with Gasteiger partial charge in [0.1, 0.15) is 0 Å². The van der Waals surface area contributed by atoms with Gasteiger partial charge in [0.2, 0.25) is 5.91 Å². The number of pyridine rings is 1. The molecule has 2 amide bonds. The minimum absolute atomic E-state index is 0.00965. The van der Waals surface area contributed by atoms with Crippen LogP contribution in [0.5, 0.6) is 0 Å². The first-order chi connectivity index (χ1) is 13.3. The Hall–Kier alpha value is -2.73. The van der Waals surface area contributed by atoms with Crippen LogP contribution in [-0.2, 0) is 11.3 Å². The average Bonchev–Trinajstić information content (AvgIpc) is 2.68. The number of hydrogen-bond acceptors (Lipinski definition) is 4. The Morgan fingerprint density at radius 1 is 1.04 bits per heavy atom. The molecule has 2 aromatic rings. The summed E-state index contributed by atoms with van der Waals surface area (Å²) in [6.45, 7) is 9.54. The van der Waals surface area contributed by atoms with Gasteiger partial charge in [-0.1, -0.05) is 26.8 Å². The van der Waals surface area contributed by atoms with E-state index in [1.54, 1.807) is 24.5 Å². The summed E-state index contributed by atoms with van der Waals surface area (Å²) in [5.74, 6) is -0.0581. The van der Waals surface area contributed by atoms with Crippen molar-refractivity contribution in [3.63, 3.8) is 0 Å². The highest BCUT2D eigenvalue weighted by atomic mass is 16.2. The summed E-state index contributed by atoms with van der Waals surface area (Å²) in [6.07, 6.45) is 3.61. The first-order valence-corrected chi connectivity index (χ1v) is 9.65. The second-order valence-corrected chi connectivity index (χ2v) is 8.21. The van der Waals surface area contributed by atoms with Crippen LogP contribution in [0.4, 0.5) is 5.69 Å². The molecule has 0 aliphatic carbocycles. The molecule has 2 heterocycles. The molecule has 0 saturated carbocycles. The molecule has 1 aromatic carbocycles. The lowest BCUT2D eigenvalue weighted by Crippen LogP contribution is -2.48. The Kier molecular flexibility index (Phi) is 6.09. The fourth-order valence-electron chi connectivity index (χ4n) is 3.09. The lowest BCUT2D eigenvalue weighted by molar-refractivity contribution is -0.123. The Morgan fingerprint density at radius 3 is 2.36 bits per heavy atom. The molecule has 0 spiro atoms. The van der Waals surface area contributed by atoms with Gasteiger partial charge in [0.25, 0.3) is 5.91 Å². The monoisotopic (exact) mass is 380 g/mol. The highest BCUT2D eigenvalue weighted by Crippen LogP contribution is 2.19. The molecule has 0 bridgehead atoms. The number of hydrogen-bond donors (Lipinski definition) is 1. The van der Waals surface area contributed by atoms with Crippen LogP contribution in [0.15, 0.2) is 48.8 Å². The molecule has 6 heteroatoms. The number of carbonyl (C=O) groups is 2. The number of nitrogens with one attached hydrogen (secondary N) is 1. The van der Waals surface area contributed by atoms with Gasteiger partial charge in [-0.15, -0.1) is 0 Å². The van der Waals surface area contributed by atoms with E-state index in [1.807, 2.05) is 49.9 Å². The topological polar surface area (TPSA) is 65.5 Å². The van der Waals surface area contributed by atoms with E-state index in [4.69, 9.17) is 0 Å². The van der Waals surface area contributed by atoms with Crippen molar-refractivity contribution in [2.24, 2.45) is 5.41 Å². The molecular weight excluding hydrogens is 352 g/mol. The maximum atomic E-state index is 12.9. The lowest BCUT2D eigenvalue weighted by atomic mass is 9.95. The van der Waals surface area contributed by atoms with Crippen molar-refractivity contribution in [2.75, 3.05) is 31.5 Å². The number of nitrogens with zero attached hydrogens (tertiary/aromatic N) is 3. The van der Waals surface area contributed by atoms with Crippen LogP contribution in [0.1, 0.15) is 36.7 Å². The second kappa shape index (κ2) is 8.52. The van der Waals surface area contributed by atoms with Crippen LogP contribution in [0, 0.1) is 5.41 Å². The number of anilines is 1. The fourth-order valence-corrected chi connectivity index (χ4v) is 3.09. The summed E-state index contributed by atoms with van der Waals surface area (Å²) in [4.78, 5) is 33.4. The SMILES string of the molecule is CC(C)(C)C(=O)Nc1cccc(C(=O)N2CCN(Cc3ccncc3)CC2)c1. The zero-order chi connectivity index (χ0) is 20.1. The Balaban J connectivity index is 1.58. The molecule has 3 rings (SSSR count). The van der Waals surface area contributed by atoms with E-state index in [-0.39, 0.29) is 11.8 Å². The molecule has 28 heavy (non-hydrogen) atoms. The highest BCUT2D eigenvalue weighted by Gasteiger charge is 2.24. The van der Waals surface area contributed by atoms with Crippen molar-refractivity contribution >= 4 is 17.5 Å². The molecule has 1 aliphatic heterocycles. The van der Waals surface area contributed by atoms with Crippen molar-refractivity contribution in [3.8, 4) is 0 Å². The van der Waals surface area contributed by atoms with E-state index in [2.05, 4.69) is 15.2 Å². The van der Waals surface area contributed by atoms with Gasteiger partial charge in [-0.25, -0.2) is 0 Å². The third-order valence-corrected chi connectivity index (χ3v) is 4.86. The molecule has 1 aromatic heterocycles. The largest absolute Gasteiger partial charge is 0.336 e. The van der Waals surface area contributed by atoms with Gasteiger partial charge in [0.15, 0.2) is 0 Å². The average molecular weight is 380 g/mol. The van der Waals surface area contributed by atoms with E-state index < -0.39 is 5.41 Å². The van der Waals surface area contributed by atoms with Crippen molar-refractivity contribution in [3.05, 3.63) is 59.9 Å². The highest BCUT2D eigenvalue weighted by molar-refractivity contribution is 5.98. The lowest BCUT2D eigenvalue weighted by Gasteiger charge is -2.34. The number of piperazine rings is 1. The van der Waals surface area contributed by atoms with E-state index in [0.29, 0.717) is 24.3 Å².